The molecule has 0 amide bonds. The number of hydrogen-bond donors (Lipinski definition) is 1. The van der Waals surface area contributed by atoms with E-state index in [0.717, 1.165) is 12.3 Å². The van der Waals surface area contributed by atoms with Crippen molar-refractivity contribution in [2.24, 2.45) is 0 Å². The highest BCUT2D eigenvalue weighted by molar-refractivity contribution is 7.91. The molecule has 0 radical (unpaired) electrons. The summed E-state index contributed by atoms with van der Waals surface area (Å²) in [5.41, 5.74) is 0.308. The van der Waals surface area contributed by atoms with Gasteiger partial charge in [0.1, 0.15) is 11.6 Å². The topological polar surface area (TPSA) is 98.5 Å². The van der Waals surface area contributed by atoms with Gasteiger partial charge in [0.25, 0.3) is 0 Å². The molecule has 0 aliphatic rings. The Balaban J connectivity index is 2.04. The molecule has 3 heterocycles. The number of halogens is 5. The number of rotatable bonds is 8. The Labute approximate surface area is 179 Å². The lowest BCUT2D eigenvalue weighted by Crippen LogP contribution is -2.41. The highest BCUT2D eigenvalue weighted by Crippen LogP contribution is 2.36. The van der Waals surface area contributed by atoms with Crippen LogP contribution < -0.4 is 10.1 Å². The molecule has 3 rings (SSSR count). The van der Waals surface area contributed by atoms with Gasteiger partial charge in [0.05, 0.1) is 23.2 Å². The summed E-state index contributed by atoms with van der Waals surface area (Å²) in [6.45, 7) is 1.88. The zero-order valence-electron chi connectivity index (χ0n) is 16.8. The number of ether oxygens (including phenoxy) is 1. The SMILES string of the molecule is CCNc1ccnc2c(-c3ccc(OCC(F)(F)C(F)(F)F)cn3)c(S(=O)(=O)CC)nn12. The van der Waals surface area contributed by atoms with Gasteiger partial charge < -0.3 is 10.1 Å². The van der Waals surface area contributed by atoms with Crippen LogP contribution in [-0.4, -0.2) is 59.0 Å². The first-order valence-electron chi connectivity index (χ1n) is 9.29. The summed E-state index contributed by atoms with van der Waals surface area (Å²) in [4.78, 5) is 8.18. The number of sulfone groups is 1. The smallest absolute Gasteiger partial charge is 0.456 e. The molecule has 3 aromatic rings. The predicted octanol–water partition coefficient (Wildman–Crippen LogP) is 3.59. The molecule has 0 aliphatic heterocycles. The molecule has 0 aromatic carbocycles. The van der Waals surface area contributed by atoms with Gasteiger partial charge in [-0.15, -0.1) is 0 Å². The van der Waals surface area contributed by atoms with Gasteiger partial charge in [-0.2, -0.15) is 31.6 Å². The van der Waals surface area contributed by atoms with Crippen molar-refractivity contribution in [3.05, 3.63) is 30.6 Å². The quantitative estimate of drug-likeness (QED) is 0.493. The third-order valence-electron chi connectivity index (χ3n) is 4.35. The summed E-state index contributed by atoms with van der Waals surface area (Å²) < 4.78 is 94.1. The lowest BCUT2D eigenvalue weighted by Gasteiger charge is -2.19. The van der Waals surface area contributed by atoms with E-state index < -0.39 is 28.5 Å². The number of anilines is 1. The molecule has 0 spiro atoms. The van der Waals surface area contributed by atoms with Crippen LogP contribution in [0.15, 0.2) is 35.6 Å². The van der Waals surface area contributed by atoms with Crippen molar-refractivity contribution in [3.8, 4) is 17.0 Å². The minimum atomic E-state index is -5.75. The summed E-state index contributed by atoms with van der Waals surface area (Å²) in [6, 6.07) is 3.93. The molecular weight excluding hydrogens is 461 g/mol. The van der Waals surface area contributed by atoms with E-state index in [9.17, 15) is 30.4 Å². The van der Waals surface area contributed by atoms with Gasteiger partial charge in [-0.25, -0.2) is 13.4 Å². The van der Waals surface area contributed by atoms with Crippen molar-refractivity contribution >= 4 is 21.3 Å². The first-order chi connectivity index (χ1) is 14.9. The molecule has 0 bridgehead atoms. The fraction of sp³-hybridized carbons (Fsp3) is 0.389. The largest absolute Gasteiger partial charge is 0.485 e. The fourth-order valence-corrected chi connectivity index (χ4v) is 3.68. The molecule has 0 aliphatic carbocycles. The Bertz CT molecular complexity index is 1210. The number of pyridine rings is 1. The molecule has 8 nitrogen and oxygen atoms in total. The van der Waals surface area contributed by atoms with Crippen LogP contribution in [0.1, 0.15) is 13.8 Å². The van der Waals surface area contributed by atoms with E-state index in [4.69, 9.17) is 0 Å². The number of nitrogens with one attached hydrogen (secondary N) is 1. The molecule has 3 aromatic heterocycles. The van der Waals surface area contributed by atoms with Crippen LogP contribution in [0.25, 0.3) is 16.9 Å². The third kappa shape index (κ3) is 4.45. The Morgan fingerprint density at radius 2 is 1.81 bits per heavy atom. The Kier molecular flexibility index (Phi) is 6.26. The normalized spacial score (nSPS) is 12.8. The van der Waals surface area contributed by atoms with Gasteiger partial charge in [-0.3, -0.25) is 4.98 Å². The maximum absolute atomic E-state index is 13.1. The molecule has 1 N–H and O–H groups in total. The molecule has 0 atom stereocenters. The van der Waals surface area contributed by atoms with Gasteiger partial charge in [-0.1, -0.05) is 6.92 Å². The van der Waals surface area contributed by atoms with Gasteiger partial charge in [0, 0.05) is 12.7 Å². The maximum atomic E-state index is 13.1. The number of fused-ring (bicyclic) bond motifs is 1. The third-order valence-corrected chi connectivity index (χ3v) is 5.98. The summed E-state index contributed by atoms with van der Waals surface area (Å²) in [5.74, 6) is -5.17. The van der Waals surface area contributed by atoms with Crippen LogP contribution in [0.5, 0.6) is 5.75 Å². The van der Waals surface area contributed by atoms with Gasteiger partial charge in [0.15, 0.2) is 27.1 Å². The minimum absolute atomic E-state index is 0.0683. The van der Waals surface area contributed by atoms with E-state index in [-0.39, 0.29) is 33.4 Å². The molecule has 0 unspecified atom stereocenters. The van der Waals surface area contributed by atoms with Gasteiger partial charge in [-0.05, 0) is 25.1 Å². The minimum Gasteiger partial charge on any atom is -0.485 e. The van der Waals surface area contributed by atoms with E-state index in [1.54, 1.807) is 6.07 Å². The predicted molar refractivity (Wildman–Crippen MR) is 105 cm³/mol. The summed E-state index contributed by atoms with van der Waals surface area (Å²) in [7, 11) is -3.82. The zero-order chi connectivity index (χ0) is 23.7. The Hall–Kier alpha value is -3.03. The van der Waals surface area contributed by atoms with E-state index >= 15 is 0 Å². The summed E-state index contributed by atoms with van der Waals surface area (Å²) >= 11 is 0. The number of nitrogens with zero attached hydrogens (tertiary/aromatic N) is 4. The van der Waals surface area contributed by atoms with Crippen molar-refractivity contribution in [1.29, 1.82) is 0 Å². The monoisotopic (exact) mass is 479 g/mol. The lowest BCUT2D eigenvalue weighted by molar-refractivity contribution is -0.290. The van der Waals surface area contributed by atoms with Crippen LogP contribution in [-0.2, 0) is 9.84 Å². The molecule has 0 saturated carbocycles. The van der Waals surface area contributed by atoms with Crippen LogP contribution in [0.3, 0.4) is 0 Å². The van der Waals surface area contributed by atoms with Gasteiger partial charge in [0.2, 0.25) is 0 Å². The van der Waals surface area contributed by atoms with Crippen molar-refractivity contribution in [2.75, 3.05) is 24.2 Å². The lowest BCUT2D eigenvalue weighted by atomic mass is 10.2. The maximum Gasteiger partial charge on any atom is 0.456 e. The summed E-state index contributed by atoms with van der Waals surface area (Å²) in [5, 5.41) is 6.91. The van der Waals surface area contributed by atoms with Crippen molar-refractivity contribution in [3.63, 3.8) is 0 Å². The van der Waals surface area contributed by atoms with Crippen LogP contribution in [0, 0.1) is 0 Å². The summed E-state index contributed by atoms with van der Waals surface area (Å²) in [6.07, 6.45) is -3.39. The van der Waals surface area contributed by atoms with E-state index in [1.165, 1.54) is 23.7 Å². The number of aromatic nitrogens is 4. The van der Waals surface area contributed by atoms with E-state index in [2.05, 4.69) is 25.1 Å². The first-order valence-corrected chi connectivity index (χ1v) is 10.9. The van der Waals surface area contributed by atoms with E-state index in [0.29, 0.717) is 12.4 Å². The Morgan fingerprint density at radius 1 is 1.09 bits per heavy atom. The van der Waals surface area contributed by atoms with Crippen LogP contribution in [0.2, 0.25) is 0 Å². The van der Waals surface area contributed by atoms with Gasteiger partial charge >= 0.3 is 12.1 Å². The molecule has 174 valence electrons. The average molecular weight is 479 g/mol. The standard InChI is InChI=1S/C18H18F5N5O3S/c1-3-24-13-7-8-25-15-14(16(27-28(13)15)32(29,30)4-2)12-6-5-11(9-26-12)31-10-17(19,20)18(21,22)23/h5-9,24H,3-4,10H2,1-2H3. The first kappa shape index (κ1) is 23.6. The second-order valence-electron chi connectivity index (χ2n) is 6.55. The zero-order valence-corrected chi connectivity index (χ0v) is 17.6. The van der Waals surface area contributed by atoms with Crippen molar-refractivity contribution in [1.82, 2.24) is 19.6 Å². The van der Waals surface area contributed by atoms with Crippen molar-refractivity contribution < 1.29 is 35.1 Å². The fourth-order valence-electron chi connectivity index (χ4n) is 2.69. The van der Waals surface area contributed by atoms with Crippen LogP contribution in [0.4, 0.5) is 27.8 Å². The van der Waals surface area contributed by atoms with Crippen molar-refractivity contribution in [2.45, 2.75) is 31.0 Å². The second kappa shape index (κ2) is 8.48. The molecule has 0 saturated heterocycles. The second-order valence-corrected chi connectivity index (χ2v) is 8.74. The molecule has 0 fully saturated rings. The molecule has 32 heavy (non-hydrogen) atoms. The highest BCUT2D eigenvalue weighted by atomic mass is 32.2. The number of hydrogen-bond acceptors (Lipinski definition) is 7. The Morgan fingerprint density at radius 3 is 2.38 bits per heavy atom. The van der Waals surface area contributed by atoms with E-state index in [1.807, 2.05) is 6.92 Å². The highest BCUT2D eigenvalue weighted by Gasteiger charge is 2.58. The molecule has 14 heteroatoms. The molecular formula is C18H18F5N5O3S. The number of alkyl halides is 5. The average Bonchev–Trinajstić information content (AvgIpc) is 3.14. The van der Waals surface area contributed by atoms with Crippen LogP contribution >= 0.6 is 0 Å².